The first-order valence-electron chi connectivity index (χ1n) is 6.35. The Balaban J connectivity index is 2.05. The van der Waals surface area contributed by atoms with Gasteiger partial charge in [-0.25, -0.2) is 0 Å². The zero-order valence-electron chi connectivity index (χ0n) is 11.3. The Labute approximate surface area is 108 Å². The number of likely N-dealkylation sites (tertiary alicyclic amines) is 1. The molecule has 1 aromatic rings. The number of ether oxygens (including phenoxy) is 1. The molecule has 1 atom stereocenters. The minimum atomic E-state index is 0.144. The highest BCUT2D eigenvalue weighted by Crippen LogP contribution is 2.18. The van der Waals surface area contributed by atoms with E-state index in [1.807, 2.05) is 26.0 Å². The van der Waals surface area contributed by atoms with Crippen molar-refractivity contribution in [3.8, 4) is 5.75 Å². The van der Waals surface area contributed by atoms with Crippen molar-refractivity contribution in [2.24, 2.45) is 5.92 Å². The molecule has 1 unspecified atom stereocenters. The normalized spacial score (nSPS) is 21.1. The molecule has 1 fully saturated rings. The summed E-state index contributed by atoms with van der Waals surface area (Å²) < 4.78 is 5.25. The Hall–Kier alpha value is -1.42. The summed E-state index contributed by atoms with van der Waals surface area (Å²) in [6.45, 7) is 6.42. The molecule has 4 heteroatoms. The molecule has 0 saturated carbocycles. The van der Waals surface area contributed by atoms with Crippen LogP contribution in [-0.2, 0) is 11.3 Å². The first-order chi connectivity index (χ1) is 8.58. The van der Waals surface area contributed by atoms with Crippen molar-refractivity contribution in [3.05, 3.63) is 23.5 Å². The molecule has 1 saturated heterocycles. The smallest absolute Gasteiger partial charge is 0.138 e. The highest BCUT2D eigenvalue weighted by molar-refractivity contribution is 5.81. The Morgan fingerprint density at radius 3 is 2.94 bits per heavy atom. The number of aryl methyl sites for hydroxylation is 1. The van der Waals surface area contributed by atoms with Crippen molar-refractivity contribution in [2.45, 2.75) is 26.8 Å². The summed E-state index contributed by atoms with van der Waals surface area (Å²) in [5.41, 5.74) is 1.97. The lowest BCUT2D eigenvalue weighted by Crippen LogP contribution is -2.39. The molecule has 0 spiro atoms. The number of rotatable bonds is 3. The van der Waals surface area contributed by atoms with Gasteiger partial charge in [-0.2, -0.15) is 0 Å². The fourth-order valence-electron chi connectivity index (χ4n) is 2.37. The molecule has 18 heavy (non-hydrogen) atoms. The maximum Gasteiger partial charge on any atom is 0.138 e. The quantitative estimate of drug-likeness (QED) is 0.818. The first-order valence-corrected chi connectivity index (χ1v) is 6.35. The largest absolute Gasteiger partial charge is 0.497 e. The lowest BCUT2D eigenvalue weighted by Gasteiger charge is -2.29. The van der Waals surface area contributed by atoms with Crippen molar-refractivity contribution in [2.75, 3.05) is 20.2 Å². The molecule has 1 aromatic heterocycles. The van der Waals surface area contributed by atoms with Crippen LogP contribution in [0.25, 0.3) is 0 Å². The van der Waals surface area contributed by atoms with E-state index in [0.717, 1.165) is 36.8 Å². The van der Waals surface area contributed by atoms with Gasteiger partial charge in [0.2, 0.25) is 0 Å². The minimum absolute atomic E-state index is 0.144. The monoisotopic (exact) mass is 248 g/mol. The molecule has 1 aliphatic rings. The third-order valence-corrected chi connectivity index (χ3v) is 3.36. The second-order valence-corrected chi connectivity index (χ2v) is 4.99. The summed E-state index contributed by atoms with van der Waals surface area (Å²) in [5, 5.41) is 0. The zero-order chi connectivity index (χ0) is 13.1. The van der Waals surface area contributed by atoms with Crippen LogP contribution in [-0.4, -0.2) is 35.9 Å². The average Bonchev–Trinajstić information content (AvgIpc) is 2.33. The van der Waals surface area contributed by atoms with Crippen molar-refractivity contribution in [1.29, 1.82) is 0 Å². The number of Topliss-reactive ketones (excluding diaryl/α,β-unsaturated/α-hetero) is 1. The molecule has 0 amide bonds. The van der Waals surface area contributed by atoms with E-state index in [-0.39, 0.29) is 5.92 Å². The fraction of sp³-hybridized carbons (Fsp3) is 0.571. The van der Waals surface area contributed by atoms with Crippen LogP contribution in [0.15, 0.2) is 12.1 Å². The highest BCUT2D eigenvalue weighted by atomic mass is 16.5. The second-order valence-electron chi connectivity index (χ2n) is 4.99. The van der Waals surface area contributed by atoms with Gasteiger partial charge in [-0.1, -0.05) is 6.92 Å². The number of hydrogen-bond donors (Lipinski definition) is 0. The molecule has 98 valence electrons. The number of ketones is 1. The van der Waals surface area contributed by atoms with Gasteiger partial charge >= 0.3 is 0 Å². The molecule has 0 bridgehead atoms. The molecular weight excluding hydrogens is 228 g/mol. The van der Waals surface area contributed by atoms with Gasteiger partial charge in [0, 0.05) is 49.8 Å². The van der Waals surface area contributed by atoms with Gasteiger partial charge in [-0.3, -0.25) is 14.7 Å². The van der Waals surface area contributed by atoms with E-state index in [9.17, 15) is 4.79 Å². The van der Waals surface area contributed by atoms with E-state index in [1.165, 1.54) is 0 Å². The van der Waals surface area contributed by atoms with Crippen LogP contribution in [0, 0.1) is 12.8 Å². The van der Waals surface area contributed by atoms with Gasteiger partial charge in [-0.15, -0.1) is 0 Å². The van der Waals surface area contributed by atoms with Crippen molar-refractivity contribution in [1.82, 2.24) is 9.88 Å². The van der Waals surface area contributed by atoms with E-state index in [4.69, 9.17) is 4.74 Å². The standard InChI is InChI=1S/C14H20N2O2/c1-10-8-16(5-4-14(10)17)9-12-7-13(18-3)6-11(2)15-12/h6-7,10H,4-5,8-9H2,1-3H3. The van der Waals surface area contributed by atoms with Crippen LogP contribution in [0.4, 0.5) is 0 Å². The molecule has 0 aromatic carbocycles. The first kappa shape index (κ1) is 13.0. The Morgan fingerprint density at radius 2 is 2.28 bits per heavy atom. The number of methoxy groups -OCH3 is 1. The lowest BCUT2D eigenvalue weighted by atomic mass is 9.98. The van der Waals surface area contributed by atoms with E-state index in [1.54, 1.807) is 7.11 Å². The average molecular weight is 248 g/mol. The maximum absolute atomic E-state index is 11.5. The number of piperidine rings is 1. The lowest BCUT2D eigenvalue weighted by molar-refractivity contribution is -0.125. The van der Waals surface area contributed by atoms with Crippen LogP contribution >= 0.6 is 0 Å². The van der Waals surface area contributed by atoms with Gasteiger partial charge in [0.25, 0.3) is 0 Å². The van der Waals surface area contributed by atoms with Crippen molar-refractivity contribution < 1.29 is 9.53 Å². The van der Waals surface area contributed by atoms with Gasteiger partial charge in [-0.05, 0) is 6.92 Å². The predicted molar refractivity (Wildman–Crippen MR) is 69.6 cm³/mol. The molecule has 0 radical (unpaired) electrons. The van der Waals surface area contributed by atoms with Crippen LogP contribution in [0.5, 0.6) is 5.75 Å². The van der Waals surface area contributed by atoms with Crippen LogP contribution in [0.2, 0.25) is 0 Å². The third-order valence-electron chi connectivity index (χ3n) is 3.36. The summed E-state index contributed by atoms with van der Waals surface area (Å²) in [7, 11) is 1.67. The summed E-state index contributed by atoms with van der Waals surface area (Å²) in [6.07, 6.45) is 0.657. The van der Waals surface area contributed by atoms with Gasteiger partial charge in [0.15, 0.2) is 0 Å². The predicted octanol–water partition coefficient (Wildman–Crippen LogP) is 1.81. The molecule has 0 N–H and O–H groups in total. The fourth-order valence-corrected chi connectivity index (χ4v) is 2.37. The van der Waals surface area contributed by atoms with Gasteiger partial charge in [0.05, 0.1) is 12.8 Å². The number of hydrogen-bond acceptors (Lipinski definition) is 4. The Bertz CT molecular complexity index is 445. The molecule has 1 aliphatic heterocycles. The van der Waals surface area contributed by atoms with E-state index in [0.29, 0.717) is 12.2 Å². The van der Waals surface area contributed by atoms with Crippen LogP contribution < -0.4 is 4.74 Å². The summed E-state index contributed by atoms with van der Waals surface area (Å²) in [4.78, 5) is 18.3. The van der Waals surface area contributed by atoms with Gasteiger partial charge in [0.1, 0.15) is 11.5 Å². The molecule has 2 rings (SSSR count). The van der Waals surface area contributed by atoms with Crippen LogP contribution in [0.1, 0.15) is 24.7 Å². The molecule has 4 nitrogen and oxygen atoms in total. The Kier molecular flexibility index (Phi) is 3.97. The topological polar surface area (TPSA) is 42.4 Å². The second kappa shape index (κ2) is 5.48. The van der Waals surface area contributed by atoms with E-state index >= 15 is 0 Å². The summed E-state index contributed by atoms with van der Waals surface area (Å²) in [6, 6.07) is 3.89. The minimum Gasteiger partial charge on any atom is -0.497 e. The number of nitrogens with zero attached hydrogens (tertiary/aromatic N) is 2. The van der Waals surface area contributed by atoms with E-state index in [2.05, 4.69) is 9.88 Å². The Morgan fingerprint density at radius 1 is 1.50 bits per heavy atom. The van der Waals surface area contributed by atoms with E-state index < -0.39 is 0 Å². The number of carbonyl (C=O) groups excluding carboxylic acids is 1. The molecular formula is C14H20N2O2. The molecule has 2 heterocycles. The van der Waals surface area contributed by atoms with Crippen LogP contribution in [0.3, 0.4) is 0 Å². The van der Waals surface area contributed by atoms with Crippen molar-refractivity contribution >= 4 is 5.78 Å². The van der Waals surface area contributed by atoms with Gasteiger partial charge < -0.3 is 4.74 Å². The summed E-state index contributed by atoms with van der Waals surface area (Å²) in [5.74, 6) is 1.37. The summed E-state index contributed by atoms with van der Waals surface area (Å²) >= 11 is 0. The van der Waals surface area contributed by atoms with Crippen molar-refractivity contribution in [3.63, 3.8) is 0 Å². The highest BCUT2D eigenvalue weighted by Gasteiger charge is 2.23. The number of aromatic nitrogens is 1. The number of carbonyl (C=O) groups is 1. The third kappa shape index (κ3) is 3.07. The zero-order valence-corrected chi connectivity index (χ0v) is 11.3. The SMILES string of the molecule is COc1cc(C)nc(CN2CCC(=O)C(C)C2)c1. The molecule has 0 aliphatic carbocycles. The number of pyridine rings is 1. The maximum atomic E-state index is 11.5.